The number of nitrogens with zero attached hydrogens (tertiary/aromatic N) is 3. The summed E-state index contributed by atoms with van der Waals surface area (Å²) in [5.41, 5.74) is 8.18. The summed E-state index contributed by atoms with van der Waals surface area (Å²) in [7, 11) is 5.42. The number of methoxy groups -OCH3 is 1. The van der Waals surface area contributed by atoms with E-state index in [0.717, 1.165) is 37.2 Å². The molecule has 1 fully saturated rings. The maximum absolute atomic E-state index is 13.5. The van der Waals surface area contributed by atoms with E-state index in [1.54, 1.807) is 34.9 Å². The van der Waals surface area contributed by atoms with Crippen molar-refractivity contribution >= 4 is 35.5 Å². The summed E-state index contributed by atoms with van der Waals surface area (Å²) < 4.78 is 23.7. The number of benzene rings is 2. The number of aliphatic imine (C=N–C) groups is 1. The Balaban J connectivity index is 1.05. The maximum Gasteiger partial charge on any atom is 0.414 e. The van der Waals surface area contributed by atoms with Crippen LogP contribution in [0.15, 0.2) is 59.3 Å². The van der Waals surface area contributed by atoms with Crippen LogP contribution in [0.5, 0.6) is 11.5 Å². The Bertz CT molecular complexity index is 1860. The highest BCUT2D eigenvalue weighted by Crippen LogP contribution is 2.63. The molecule has 2 unspecified atom stereocenters. The van der Waals surface area contributed by atoms with Crippen molar-refractivity contribution in [3.05, 3.63) is 65.4 Å². The van der Waals surface area contributed by atoms with E-state index in [9.17, 15) is 19.2 Å². The minimum absolute atomic E-state index is 0.0833. The molecule has 0 aromatic heterocycles. The molecule has 0 radical (unpaired) electrons. The summed E-state index contributed by atoms with van der Waals surface area (Å²) in [5, 5.41) is 8.48. The Labute approximate surface area is 328 Å². The molecule has 1 spiro atoms. The lowest BCUT2D eigenvalue weighted by atomic mass is 9.53. The molecule has 2 aromatic carbocycles. The van der Waals surface area contributed by atoms with E-state index in [0.29, 0.717) is 29.9 Å². The van der Waals surface area contributed by atoms with Gasteiger partial charge in [-0.3, -0.25) is 19.4 Å². The number of likely N-dealkylation sites (tertiary alicyclic amines) is 1. The molecule has 15 nitrogen and oxygen atoms in total. The Morgan fingerprint density at radius 2 is 1.91 bits per heavy atom. The van der Waals surface area contributed by atoms with Crippen LogP contribution in [-0.4, -0.2) is 111 Å². The summed E-state index contributed by atoms with van der Waals surface area (Å²) in [6.07, 6.45) is 3.62. The Hall–Kier alpha value is -5.31. The third-order valence-corrected chi connectivity index (χ3v) is 11.0. The first kappa shape index (κ1) is 40.4. The zero-order valence-electron chi connectivity index (χ0n) is 33.2. The molecule has 2 bridgehead atoms. The van der Waals surface area contributed by atoms with Crippen LogP contribution in [0.25, 0.3) is 0 Å². The Kier molecular flexibility index (Phi) is 12.1. The number of carbonyl (C=O) groups excluding carboxylic acids is 4. The molecule has 2 heterocycles. The molecule has 2 aliphatic heterocycles. The lowest BCUT2D eigenvalue weighted by Crippen LogP contribution is -2.63. The number of guanidine groups is 1. The van der Waals surface area contributed by atoms with Gasteiger partial charge in [-0.05, 0) is 102 Å². The number of amides is 3. The monoisotopic (exact) mass is 773 g/mol. The number of hydrogen-bond donors (Lipinski definition) is 4. The maximum atomic E-state index is 13.5. The van der Waals surface area contributed by atoms with Crippen molar-refractivity contribution in [2.24, 2.45) is 16.6 Å². The number of hydrogen-bond acceptors (Lipinski definition) is 10. The minimum Gasteiger partial charge on any atom is -0.493 e. The van der Waals surface area contributed by atoms with Gasteiger partial charge in [0.2, 0.25) is 11.8 Å². The number of esters is 1. The molecule has 56 heavy (non-hydrogen) atoms. The quantitative estimate of drug-likeness (QED) is 0.0725. The molecule has 4 aliphatic rings. The highest BCUT2D eigenvalue weighted by Gasteiger charge is 2.65. The number of likely N-dealkylation sites (N-methyl/N-ethyl adjacent to an activating group) is 2. The smallest absolute Gasteiger partial charge is 0.414 e. The van der Waals surface area contributed by atoms with Crippen molar-refractivity contribution < 1.29 is 38.1 Å². The zero-order chi connectivity index (χ0) is 40.2. The van der Waals surface area contributed by atoms with Gasteiger partial charge in [-0.1, -0.05) is 24.3 Å². The third-order valence-electron chi connectivity index (χ3n) is 11.0. The Morgan fingerprint density at radius 1 is 1.14 bits per heavy atom. The van der Waals surface area contributed by atoms with E-state index in [2.05, 4.69) is 39.0 Å². The fourth-order valence-corrected chi connectivity index (χ4v) is 8.53. The van der Waals surface area contributed by atoms with Crippen LogP contribution in [0.4, 0.5) is 10.5 Å². The molecule has 2 aliphatic carbocycles. The number of rotatable bonds is 14. The van der Waals surface area contributed by atoms with E-state index in [-0.39, 0.29) is 37.4 Å². The SMILES string of the molecule is COc1ccc2c3c1OC1C(OC(=O)N(C)CCNC(=O)[C@H](CCCN=C(N)Nc4ccccc4)NC(=O)CC(=O)OC(C)(C)C)=CCC4[C@@H](C2)N(C)CC[C@]314. The molecule has 2 aromatic rings. The summed E-state index contributed by atoms with van der Waals surface area (Å²) >= 11 is 0. The van der Waals surface area contributed by atoms with Crippen molar-refractivity contribution in [1.29, 1.82) is 0 Å². The summed E-state index contributed by atoms with van der Waals surface area (Å²) in [5.74, 6) is 0.626. The molecule has 0 saturated carbocycles. The van der Waals surface area contributed by atoms with Gasteiger partial charge in [0.25, 0.3) is 0 Å². The summed E-state index contributed by atoms with van der Waals surface area (Å²) in [6, 6.07) is 12.8. The first-order valence-electron chi connectivity index (χ1n) is 19.3. The van der Waals surface area contributed by atoms with Crippen LogP contribution in [0.1, 0.15) is 64.0 Å². The van der Waals surface area contributed by atoms with Gasteiger partial charge in [0.1, 0.15) is 23.8 Å². The molecule has 5 N–H and O–H groups in total. The summed E-state index contributed by atoms with van der Waals surface area (Å²) in [6.45, 7) is 6.53. The molecule has 302 valence electrons. The number of carbonyl (C=O) groups is 4. The molecule has 5 atom stereocenters. The van der Waals surface area contributed by atoms with Crippen molar-refractivity contribution in [3.63, 3.8) is 0 Å². The molecule has 3 amide bonds. The zero-order valence-corrected chi connectivity index (χ0v) is 33.2. The van der Waals surface area contributed by atoms with Gasteiger partial charge in [0, 0.05) is 49.4 Å². The van der Waals surface area contributed by atoms with Crippen molar-refractivity contribution in [2.45, 2.75) is 88.5 Å². The fourth-order valence-electron chi connectivity index (χ4n) is 8.53. The van der Waals surface area contributed by atoms with Gasteiger partial charge in [0.15, 0.2) is 23.6 Å². The second-order valence-electron chi connectivity index (χ2n) is 16.0. The first-order valence-corrected chi connectivity index (χ1v) is 19.3. The average Bonchev–Trinajstić information content (AvgIpc) is 3.50. The predicted molar refractivity (Wildman–Crippen MR) is 210 cm³/mol. The van der Waals surface area contributed by atoms with Crippen LogP contribution >= 0.6 is 0 Å². The first-order chi connectivity index (χ1) is 26.7. The summed E-state index contributed by atoms with van der Waals surface area (Å²) in [4.78, 5) is 60.2. The number of para-hydroxylation sites is 1. The van der Waals surface area contributed by atoms with Crippen LogP contribution in [0.2, 0.25) is 0 Å². The second-order valence-corrected chi connectivity index (χ2v) is 16.0. The number of anilines is 1. The number of nitrogens with two attached hydrogens (primary N) is 1. The minimum atomic E-state index is -0.975. The van der Waals surface area contributed by atoms with Gasteiger partial charge >= 0.3 is 12.1 Å². The fraction of sp³-hybridized carbons (Fsp3) is 0.537. The lowest BCUT2D eigenvalue weighted by molar-refractivity contribution is -0.156. The van der Waals surface area contributed by atoms with Crippen LogP contribution in [0, 0.1) is 5.92 Å². The van der Waals surface area contributed by atoms with Gasteiger partial charge < -0.3 is 50.4 Å². The van der Waals surface area contributed by atoms with E-state index in [1.807, 2.05) is 42.5 Å². The van der Waals surface area contributed by atoms with Gasteiger partial charge in [-0.15, -0.1) is 0 Å². The molecular weight excluding hydrogens is 718 g/mol. The number of piperidine rings is 1. The van der Waals surface area contributed by atoms with Crippen LogP contribution in [-0.2, 0) is 35.7 Å². The van der Waals surface area contributed by atoms with E-state index >= 15 is 0 Å². The van der Waals surface area contributed by atoms with Crippen LogP contribution in [0.3, 0.4) is 0 Å². The largest absolute Gasteiger partial charge is 0.493 e. The number of nitrogens with one attached hydrogen (secondary N) is 3. The average molecular weight is 774 g/mol. The molecule has 15 heteroatoms. The van der Waals surface area contributed by atoms with Crippen molar-refractivity contribution in [2.75, 3.05) is 52.7 Å². The van der Waals surface area contributed by atoms with Crippen molar-refractivity contribution in [1.82, 2.24) is 20.4 Å². The molecule has 6 rings (SSSR count). The van der Waals surface area contributed by atoms with E-state index in [1.165, 1.54) is 16.0 Å². The van der Waals surface area contributed by atoms with Crippen molar-refractivity contribution in [3.8, 4) is 11.5 Å². The second kappa shape index (κ2) is 16.8. The van der Waals surface area contributed by atoms with Gasteiger partial charge in [-0.2, -0.15) is 0 Å². The van der Waals surface area contributed by atoms with Crippen LogP contribution < -0.4 is 31.2 Å². The van der Waals surface area contributed by atoms with E-state index in [4.69, 9.17) is 24.7 Å². The topological polar surface area (TPSA) is 186 Å². The standard InChI is InChI=1S/C41H55N7O8/c1-40(2,3)56-33(50)24-32(49)46-28(13-10-19-44-38(42)45-26-11-8-7-9-12-26)37(51)43-20-22-48(5)39(52)54-31-17-15-27-29-23-25-14-16-30(53-6)35-34(25)41(27,36(31)55-35)18-21-47(29)4/h7-9,11-12,14,16-17,27-29,36H,10,13,15,18-24H2,1-6H3,(H,43,51)(H,46,49)(H3,42,44,45)/t27?,28-,29+,36?,41-/m0/s1. The normalized spacial score (nSPS) is 22.7. The highest BCUT2D eigenvalue weighted by atomic mass is 16.6. The predicted octanol–water partition coefficient (Wildman–Crippen LogP) is 3.47. The number of ether oxygens (including phenoxy) is 4. The highest BCUT2D eigenvalue weighted by molar-refractivity contribution is 5.97. The van der Waals surface area contributed by atoms with Gasteiger partial charge in [-0.25, -0.2) is 4.79 Å². The molecule has 1 saturated heterocycles. The third kappa shape index (κ3) is 8.72. The lowest BCUT2D eigenvalue weighted by Gasteiger charge is -2.56. The van der Waals surface area contributed by atoms with Gasteiger partial charge in [0.05, 0.1) is 7.11 Å². The number of allylic oxidation sites excluding steroid dienone is 1. The van der Waals surface area contributed by atoms with E-state index < -0.39 is 48.0 Å². The molecular formula is C41H55N7O8. The Morgan fingerprint density at radius 3 is 2.64 bits per heavy atom.